The molecule has 0 nitrogen and oxygen atoms in total. The molecule has 0 radical (unpaired) electrons. The molecule has 0 aromatic heterocycles. The van der Waals surface area contributed by atoms with E-state index in [4.69, 9.17) is 1.37 Å². The Morgan fingerprint density at radius 2 is 1.70 bits per heavy atom. The Morgan fingerprint density at radius 3 is 2.10 bits per heavy atom. The molecule has 0 aromatic rings. The lowest BCUT2D eigenvalue weighted by Crippen LogP contribution is -2.16. The SMILES string of the molecule is [2H]C1(C)CCC(C(C)C)CC1. The third-order valence-electron chi connectivity index (χ3n) is 2.83. The van der Waals surface area contributed by atoms with Gasteiger partial charge in [-0.3, -0.25) is 0 Å². The van der Waals surface area contributed by atoms with Crippen LogP contribution in [-0.4, -0.2) is 0 Å². The van der Waals surface area contributed by atoms with Crippen LogP contribution in [0.5, 0.6) is 0 Å². The maximum Gasteiger partial charge on any atom is 0.0300 e. The van der Waals surface area contributed by atoms with E-state index in [1.165, 1.54) is 12.8 Å². The average molecular weight is 141 g/mol. The van der Waals surface area contributed by atoms with Crippen LogP contribution >= 0.6 is 0 Å². The molecule has 10 heavy (non-hydrogen) atoms. The van der Waals surface area contributed by atoms with Crippen LogP contribution in [0.3, 0.4) is 0 Å². The van der Waals surface area contributed by atoms with Crippen molar-refractivity contribution in [1.29, 1.82) is 0 Å². The summed E-state index contributed by atoms with van der Waals surface area (Å²) in [6, 6.07) is 0. The van der Waals surface area contributed by atoms with Crippen LogP contribution in [0.25, 0.3) is 0 Å². The van der Waals surface area contributed by atoms with Gasteiger partial charge in [-0.25, -0.2) is 0 Å². The predicted octanol–water partition coefficient (Wildman–Crippen LogP) is 3.47. The molecule has 60 valence electrons. The highest BCUT2D eigenvalue weighted by atomic mass is 14.3. The van der Waals surface area contributed by atoms with E-state index in [2.05, 4.69) is 20.8 Å². The van der Waals surface area contributed by atoms with Crippen molar-refractivity contribution < 1.29 is 1.37 Å². The molecule has 0 aromatic carbocycles. The molecule has 1 rings (SSSR count). The van der Waals surface area contributed by atoms with Gasteiger partial charge in [-0.2, -0.15) is 0 Å². The highest BCUT2D eigenvalue weighted by Gasteiger charge is 2.19. The molecule has 1 aliphatic carbocycles. The summed E-state index contributed by atoms with van der Waals surface area (Å²) in [5.74, 6) is 1.62. The van der Waals surface area contributed by atoms with Crippen LogP contribution < -0.4 is 0 Å². The largest absolute Gasteiger partial charge is 0.0625 e. The van der Waals surface area contributed by atoms with E-state index in [9.17, 15) is 0 Å². The molecule has 0 amide bonds. The Bertz CT molecular complexity index is 117. The predicted molar refractivity (Wildman–Crippen MR) is 46.0 cm³/mol. The minimum Gasteiger partial charge on any atom is -0.0625 e. The van der Waals surface area contributed by atoms with Gasteiger partial charge in [0.05, 0.1) is 0 Å². The minimum absolute atomic E-state index is 0.106. The van der Waals surface area contributed by atoms with Crippen molar-refractivity contribution in [2.45, 2.75) is 46.5 Å². The molecule has 0 bridgehead atoms. The standard InChI is InChI=1S/C10H20/c1-8(2)10-6-4-9(3)5-7-10/h8-10H,4-7H2,1-3H3/i9D. The van der Waals surface area contributed by atoms with Gasteiger partial charge in [-0.05, 0) is 30.6 Å². The number of rotatable bonds is 1. The first kappa shape index (κ1) is 6.69. The Kier molecular flexibility index (Phi) is 2.28. The van der Waals surface area contributed by atoms with E-state index >= 15 is 0 Å². The minimum atomic E-state index is -0.106. The van der Waals surface area contributed by atoms with Gasteiger partial charge in [-0.15, -0.1) is 0 Å². The first-order chi connectivity index (χ1) is 5.01. The van der Waals surface area contributed by atoms with Crippen LogP contribution in [0.2, 0.25) is 0 Å². The second-order valence-electron chi connectivity index (χ2n) is 4.04. The summed E-state index contributed by atoms with van der Waals surface area (Å²) in [6.07, 6.45) is 4.76. The van der Waals surface area contributed by atoms with Gasteiger partial charge in [0.25, 0.3) is 0 Å². The molecule has 0 atom stereocenters. The van der Waals surface area contributed by atoms with Gasteiger partial charge < -0.3 is 0 Å². The monoisotopic (exact) mass is 141 g/mol. The molecule has 1 fully saturated rings. The molecule has 1 aliphatic rings. The Balaban J connectivity index is 2.36. The third-order valence-corrected chi connectivity index (χ3v) is 2.83. The van der Waals surface area contributed by atoms with Gasteiger partial charge in [-0.1, -0.05) is 33.6 Å². The maximum atomic E-state index is 7.86. The highest BCUT2D eigenvalue weighted by molar-refractivity contribution is 4.71. The summed E-state index contributed by atoms with van der Waals surface area (Å²) in [7, 11) is 0. The molecule has 0 N–H and O–H groups in total. The van der Waals surface area contributed by atoms with Crippen LogP contribution in [0, 0.1) is 17.7 Å². The number of hydrogen-bond donors (Lipinski definition) is 0. The van der Waals surface area contributed by atoms with E-state index in [1.807, 2.05) is 0 Å². The smallest absolute Gasteiger partial charge is 0.0300 e. The fraction of sp³-hybridized carbons (Fsp3) is 1.00. The molecule has 0 saturated heterocycles. The van der Waals surface area contributed by atoms with E-state index in [1.54, 1.807) is 0 Å². The fourth-order valence-corrected chi connectivity index (χ4v) is 1.80. The Morgan fingerprint density at radius 1 is 1.20 bits per heavy atom. The van der Waals surface area contributed by atoms with Gasteiger partial charge in [0.15, 0.2) is 0 Å². The normalized spacial score (nSPS) is 43.6. The van der Waals surface area contributed by atoms with Crippen molar-refractivity contribution in [3.63, 3.8) is 0 Å². The molecule has 0 heterocycles. The summed E-state index contributed by atoms with van der Waals surface area (Å²) in [5, 5.41) is 0. The molecular formula is C10H20. The molecule has 0 aliphatic heterocycles. The number of hydrogen-bond acceptors (Lipinski definition) is 0. The lowest BCUT2D eigenvalue weighted by Gasteiger charge is -2.28. The topological polar surface area (TPSA) is 0 Å². The molecular weight excluding hydrogens is 120 g/mol. The zero-order valence-corrected chi connectivity index (χ0v) is 7.48. The summed E-state index contributed by atoms with van der Waals surface area (Å²) in [6.45, 7) is 6.68. The second-order valence-corrected chi connectivity index (χ2v) is 4.04. The van der Waals surface area contributed by atoms with E-state index < -0.39 is 0 Å². The summed E-state index contributed by atoms with van der Waals surface area (Å²) in [4.78, 5) is 0. The zero-order chi connectivity index (χ0) is 8.48. The van der Waals surface area contributed by atoms with Crippen LogP contribution in [0.4, 0.5) is 0 Å². The second kappa shape index (κ2) is 3.41. The molecule has 0 heteroatoms. The van der Waals surface area contributed by atoms with E-state index in [-0.39, 0.29) is 5.89 Å². The summed E-state index contributed by atoms with van der Waals surface area (Å²) >= 11 is 0. The summed E-state index contributed by atoms with van der Waals surface area (Å²) in [5.41, 5.74) is 0. The Hall–Kier alpha value is 0. The van der Waals surface area contributed by atoms with Gasteiger partial charge in [0.2, 0.25) is 0 Å². The first-order valence-electron chi connectivity index (χ1n) is 5.01. The average Bonchev–Trinajstić information content (AvgIpc) is 1.86. The van der Waals surface area contributed by atoms with E-state index in [0.29, 0.717) is 0 Å². The quantitative estimate of drug-likeness (QED) is 0.524. The zero-order valence-electron chi connectivity index (χ0n) is 8.48. The lowest BCUT2D eigenvalue weighted by atomic mass is 9.78. The third kappa shape index (κ3) is 2.00. The van der Waals surface area contributed by atoms with Crippen molar-refractivity contribution in [1.82, 2.24) is 0 Å². The first-order valence-corrected chi connectivity index (χ1v) is 4.51. The fourth-order valence-electron chi connectivity index (χ4n) is 1.80. The highest BCUT2D eigenvalue weighted by Crippen LogP contribution is 2.32. The van der Waals surface area contributed by atoms with Crippen molar-refractivity contribution >= 4 is 0 Å². The van der Waals surface area contributed by atoms with Crippen molar-refractivity contribution in [2.24, 2.45) is 17.7 Å². The van der Waals surface area contributed by atoms with Crippen LogP contribution in [-0.2, 0) is 0 Å². The Labute approximate surface area is 66.4 Å². The van der Waals surface area contributed by atoms with Crippen LogP contribution in [0.1, 0.15) is 47.8 Å². The molecule has 0 spiro atoms. The van der Waals surface area contributed by atoms with Gasteiger partial charge in [0, 0.05) is 1.37 Å². The van der Waals surface area contributed by atoms with Crippen molar-refractivity contribution in [3.8, 4) is 0 Å². The summed E-state index contributed by atoms with van der Waals surface area (Å²) < 4.78 is 7.86. The van der Waals surface area contributed by atoms with Crippen molar-refractivity contribution in [2.75, 3.05) is 0 Å². The lowest BCUT2D eigenvalue weighted by molar-refractivity contribution is 0.234. The van der Waals surface area contributed by atoms with Gasteiger partial charge in [0.1, 0.15) is 0 Å². The maximum absolute atomic E-state index is 7.86. The van der Waals surface area contributed by atoms with Gasteiger partial charge >= 0.3 is 0 Å². The van der Waals surface area contributed by atoms with Crippen molar-refractivity contribution in [3.05, 3.63) is 0 Å². The van der Waals surface area contributed by atoms with Crippen LogP contribution in [0.15, 0.2) is 0 Å². The molecule has 1 saturated carbocycles. The molecule has 0 unspecified atom stereocenters. The van der Waals surface area contributed by atoms with E-state index in [0.717, 1.165) is 24.7 Å².